The average Bonchev–Trinajstić information content (AvgIpc) is 2.18. The highest BCUT2D eigenvalue weighted by Gasteiger charge is 2.34. The highest BCUT2D eigenvalue weighted by atomic mass is 32.2. The molecular weight excluding hydrogens is 214 g/mol. The molecule has 0 radical (unpaired) electrons. The van der Waals surface area contributed by atoms with E-state index in [9.17, 15) is 13.5 Å². The van der Waals surface area contributed by atoms with Gasteiger partial charge in [-0.15, -0.1) is 6.58 Å². The van der Waals surface area contributed by atoms with E-state index in [0.29, 0.717) is 0 Å². The van der Waals surface area contributed by atoms with E-state index in [1.54, 1.807) is 0 Å². The van der Waals surface area contributed by atoms with Gasteiger partial charge in [-0.25, -0.2) is 13.1 Å². The van der Waals surface area contributed by atoms with Crippen LogP contribution >= 0.6 is 0 Å². The van der Waals surface area contributed by atoms with Crippen LogP contribution in [0.25, 0.3) is 0 Å². The molecule has 0 atom stereocenters. The third-order valence-corrected chi connectivity index (χ3v) is 4.24. The molecule has 0 aromatic rings. The Balaban J connectivity index is 2.70. The van der Waals surface area contributed by atoms with Crippen LogP contribution in [-0.2, 0) is 10.0 Å². The number of sulfonamides is 1. The number of aliphatic hydroxyl groups excluding tert-OH is 1. The van der Waals surface area contributed by atoms with Gasteiger partial charge in [0.1, 0.15) is 0 Å². The van der Waals surface area contributed by atoms with Crippen LogP contribution < -0.4 is 4.72 Å². The van der Waals surface area contributed by atoms with Gasteiger partial charge in [0.2, 0.25) is 10.0 Å². The molecule has 0 aromatic heterocycles. The third-order valence-electron chi connectivity index (χ3n) is 2.82. The minimum Gasteiger partial charge on any atom is -0.394 e. The predicted octanol–water partition coefficient (Wildman–Crippen LogP) is 0.787. The Bertz CT molecular complexity index is 305. The fraction of sp³-hybridized carbons (Fsp3) is 0.800. The molecule has 0 unspecified atom stereocenters. The summed E-state index contributed by atoms with van der Waals surface area (Å²) in [4.78, 5) is 0. The topological polar surface area (TPSA) is 66.4 Å². The van der Waals surface area contributed by atoms with Gasteiger partial charge in [0.05, 0.1) is 17.9 Å². The molecule has 1 fully saturated rings. The van der Waals surface area contributed by atoms with E-state index in [1.807, 2.05) is 0 Å². The number of nitrogens with one attached hydrogen (secondary N) is 1. The summed E-state index contributed by atoms with van der Waals surface area (Å²) in [5, 5.41) is 9.32. The molecule has 1 rings (SSSR count). The van der Waals surface area contributed by atoms with Gasteiger partial charge in [0.15, 0.2) is 0 Å². The molecule has 15 heavy (non-hydrogen) atoms. The first-order chi connectivity index (χ1) is 7.04. The molecule has 1 aliphatic carbocycles. The molecule has 0 aromatic carbocycles. The van der Waals surface area contributed by atoms with E-state index in [1.165, 1.54) is 6.08 Å². The van der Waals surface area contributed by atoms with Crippen molar-refractivity contribution in [2.75, 3.05) is 12.4 Å². The molecule has 1 aliphatic rings. The van der Waals surface area contributed by atoms with E-state index < -0.39 is 15.6 Å². The molecule has 1 saturated carbocycles. The quantitative estimate of drug-likeness (QED) is 0.690. The second-order valence-electron chi connectivity index (χ2n) is 4.17. The van der Waals surface area contributed by atoms with E-state index in [-0.39, 0.29) is 12.4 Å². The molecule has 0 spiro atoms. The average molecular weight is 233 g/mol. The van der Waals surface area contributed by atoms with E-state index >= 15 is 0 Å². The van der Waals surface area contributed by atoms with Crippen LogP contribution in [-0.4, -0.2) is 31.4 Å². The monoisotopic (exact) mass is 233 g/mol. The summed E-state index contributed by atoms with van der Waals surface area (Å²) in [5.74, 6) is -0.0885. The van der Waals surface area contributed by atoms with Gasteiger partial charge in [0.25, 0.3) is 0 Å². The smallest absolute Gasteiger partial charge is 0.215 e. The fourth-order valence-electron chi connectivity index (χ4n) is 2.05. The van der Waals surface area contributed by atoms with Gasteiger partial charge in [-0.05, 0) is 12.8 Å². The highest BCUT2D eigenvalue weighted by Crippen LogP contribution is 2.28. The lowest BCUT2D eigenvalue weighted by Crippen LogP contribution is -2.52. The molecule has 5 heteroatoms. The van der Waals surface area contributed by atoms with Crippen molar-refractivity contribution in [3.63, 3.8) is 0 Å². The minimum atomic E-state index is -3.33. The van der Waals surface area contributed by atoms with Crippen molar-refractivity contribution >= 4 is 10.0 Å². The molecule has 0 aliphatic heterocycles. The Labute approximate surface area is 91.4 Å². The Hall–Kier alpha value is -0.390. The lowest BCUT2D eigenvalue weighted by atomic mass is 9.83. The zero-order valence-electron chi connectivity index (χ0n) is 8.91. The van der Waals surface area contributed by atoms with Crippen molar-refractivity contribution in [2.24, 2.45) is 0 Å². The Kier molecular flexibility index (Phi) is 4.31. The largest absolute Gasteiger partial charge is 0.394 e. The van der Waals surface area contributed by atoms with Crippen LogP contribution in [0.15, 0.2) is 12.7 Å². The summed E-state index contributed by atoms with van der Waals surface area (Å²) >= 11 is 0. The highest BCUT2D eigenvalue weighted by molar-refractivity contribution is 7.89. The summed E-state index contributed by atoms with van der Waals surface area (Å²) in [6.07, 6.45) is 5.86. The van der Waals surface area contributed by atoms with Gasteiger partial charge in [-0.2, -0.15) is 0 Å². The van der Waals surface area contributed by atoms with Gasteiger partial charge < -0.3 is 5.11 Å². The van der Waals surface area contributed by atoms with Crippen LogP contribution in [0.5, 0.6) is 0 Å². The number of hydrogen-bond donors (Lipinski definition) is 2. The Morgan fingerprint density at radius 3 is 2.40 bits per heavy atom. The minimum absolute atomic E-state index is 0.0885. The van der Waals surface area contributed by atoms with Crippen LogP contribution in [0.2, 0.25) is 0 Å². The van der Waals surface area contributed by atoms with Gasteiger partial charge in [0, 0.05) is 0 Å². The van der Waals surface area contributed by atoms with Crippen LogP contribution in [0, 0.1) is 0 Å². The van der Waals surface area contributed by atoms with Crippen molar-refractivity contribution in [1.82, 2.24) is 4.72 Å². The predicted molar refractivity (Wildman–Crippen MR) is 60.0 cm³/mol. The second kappa shape index (κ2) is 5.09. The maximum absolute atomic E-state index is 11.6. The number of aliphatic hydroxyl groups is 1. The molecule has 0 saturated heterocycles. The lowest BCUT2D eigenvalue weighted by molar-refractivity contribution is 0.142. The third kappa shape index (κ3) is 3.59. The summed E-state index contributed by atoms with van der Waals surface area (Å²) in [6.45, 7) is 3.28. The zero-order chi connectivity index (χ0) is 11.4. The van der Waals surface area contributed by atoms with Crippen molar-refractivity contribution in [2.45, 2.75) is 37.6 Å². The van der Waals surface area contributed by atoms with Crippen LogP contribution in [0.4, 0.5) is 0 Å². The normalized spacial score (nSPS) is 21.1. The molecule has 0 heterocycles. The van der Waals surface area contributed by atoms with Gasteiger partial charge in [-0.1, -0.05) is 25.3 Å². The van der Waals surface area contributed by atoms with E-state index in [0.717, 1.165) is 32.1 Å². The van der Waals surface area contributed by atoms with Crippen molar-refractivity contribution < 1.29 is 13.5 Å². The maximum Gasteiger partial charge on any atom is 0.215 e. The van der Waals surface area contributed by atoms with Crippen molar-refractivity contribution in [3.8, 4) is 0 Å². The number of rotatable bonds is 5. The first-order valence-corrected chi connectivity index (χ1v) is 6.92. The fourth-order valence-corrected chi connectivity index (χ4v) is 3.37. The second-order valence-corrected chi connectivity index (χ2v) is 5.94. The maximum atomic E-state index is 11.6. The van der Waals surface area contributed by atoms with Crippen LogP contribution in [0.1, 0.15) is 32.1 Å². The first-order valence-electron chi connectivity index (χ1n) is 5.27. The Morgan fingerprint density at radius 1 is 1.33 bits per heavy atom. The summed E-state index contributed by atoms with van der Waals surface area (Å²) in [5.41, 5.74) is -0.625. The zero-order valence-corrected chi connectivity index (χ0v) is 9.72. The summed E-state index contributed by atoms with van der Waals surface area (Å²) in [6, 6.07) is 0. The van der Waals surface area contributed by atoms with Crippen molar-refractivity contribution in [3.05, 3.63) is 12.7 Å². The SMILES string of the molecule is C=CCS(=O)(=O)NC1(CO)CCCCC1. The van der Waals surface area contributed by atoms with E-state index in [2.05, 4.69) is 11.3 Å². The van der Waals surface area contributed by atoms with Gasteiger partial charge in [-0.3, -0.25) is 0 Å². The molecular formula is C10H19NO3S. The molecule has 2 N–H and O–H groups in total. The molecule has 88 valence electrons. The summed E-state index contributed by atoms with van der Waals surface area (Å²) < 4.78 is 25.7. The van der Waals surface area contributed by atoms with Crippen LogP contribution in [0.3, 0.4) is 0 Å². The molecule has 0 amide bonds. The van der Waals surface area contributed by atoms with Gasteiger partial charge >= 0.3 is 0 Å². The first kappa shape index (κ1) is 12.7. The van der Waals surface area contributed by atoms with E-state index in [4.69, 9.17) is 0 Å². The summed E-state index contributed by atoms with van der Waals surface area (Å²) in [7, 11) is -3.33. The standard InChI is InChI=1S/C10H19NO3S/c1-2-8-15(13,14)11-10(9-12)6-4-3-5-7-10/h2,11-12H,1,3-9H2. The van der Waals surface area contributed by atoms with Crippen molar-refractivity contribution in [1.29, 1.82) is 0 Å². The lowest BCUT2D eigenvalue weighted by Gasteiger charge is -2.35. The number of hydrogen-bond acceptors (Lipinski definition) is 3. The molecule has 4 nitrogen and oxygen atoms in total. The Morgan fingerprint density at radius 2 is 1.93 bits per heavy atom. The molecule has 0 bridgehead atoms.